The fraction of sp³-hybridized carbons (Fsp3) is 0. The van der Waals surface area contributed by atoms with Gasteiger partial charge >= 0.3 is 0 Å². The second-order valence-electron chi connectivity index (χ2n) is 3.12. The molecule has 0 radical (unpaired) electrons. The SMILES string of the molecule is Brc1cnc2[nH]cc(-c3cnco3)c2c1. The van der Waals surface area contributed by atoms with E-state index in [1.54, 1.807) is 12.4 Å². The third kappa shape index (κ3) is 1.35. The third-order valence-corrected chi connectivity index (χ3v) is 2.63. The summed E-state index contributed by atoms with van der Waals surface area (Å²) in [5, 5.41) is 1.01. The monoisotopic (exact) mass is 263 g/mol. The van der Waals surface area contributed by atoms with Crippen LogP contribution in [0.4, 0.5) is 0 Å². The van der Waals surface area contributed by atoms with Gasteiger partial charge in [-0.2, -0.15) is 0 Å². The third-order valence-electron chi connectivity index (χ3n) is 2.20. The van der Waals surface area contributed by atoms with Crippen molar-refractivity contribution in [2.24, 2.45) is 0 Å². The lowest BCUT2D eigenvalue weighted by Gasteiger charge is -1.93. The molecule has 0 aliphatic heterocycles. The molecule has 3 aromatic rings. The summed E-state index contributed by atoms with van der Waals surface area (Å²) in [4.78, 5) is 11.2. The Kier molecular flexibility index (Phi) is 1.85. The Bertz CT molecular complexity index is 600. The molecule has 0 saturated heterocycles. The van der Waals surface area contributed by atoms with E-state index in [9.17, 15) is 0 Å². The summed E-state index contributed by atoms with van der Waals surface area (Å²) < 4.78 is 6.19. The fourth-order valence-electron chi connectivity index (χ4n) is 1.53. The molecule has 74 valence electrons. The number of nitrogens with zero attached hydrogens (tertiary/aromatic N) is 2. The van der Waals surface area contributed by atoms with E-state index in [0.29, 0.717) is 0 Å². The molecule has 0 atom stereocenters. The quantitative estimate of drug-likeness (QED) is 0.735. The molecule has 15 heavy (non-hydrogen) atoms. The molecular weight excluding hydrogens is 258 g/mol. The number of aromatic nitrogens is 3. The van der Waals surface area contributed by atoms with Crippen molar-refractivity contribution in [3.8, 4) is 11.3 Å². The van der Waals surface area contributed by atoms with Gasteiger partial charge in [-0.25, -0.2) is 9.97 Å². The lowest BCUT2D eigenvalue weighted by atomic mass is 10.2. The first-order valence-electron chi connectivity index (χ1n) is 4.36. The number of oxazole rings is 1. The Hall–Kier alpha value is -1.62. The summed E-state index contributed by atoms with van der Waals surface area (Å²) in [5.74, 6) is 0.737. The van der Waals surface area contributed by atoms with E-state index >= 15 is 0 Å². The van der Waals surface area contributed by atoms with E-state index in [4.69, 9.17) is 4.42 Å². The number of halogens is 1. The van der Waals surface area contributed by atoms with Crippen LogP contribution in [0.25, 0.3) is 22.4 Å². The van der Waals surface area contributed by atoms with Crippen LogP contribution in [0.5, 0.6) is 0 Å². The Morgan fingerprint density at radius 2 is 2.27 bits per heavy atom. The standard InChI is InChI=1S/C10H6BrN3O/c11-6-1-7-8(9-4-12-5-15-9)3-14-10(7)13-2-6/h1-5H,(H,13,14). The van der Waals surface area contributed by atoms with Crippen LogP contribution in [0.2, 0.25) is 0 Å². The van der Waals surface area contributed by atoms with Crippen LogP contribution in [0.1, 0.15) is 0 Å². The van der Waals surface area contributed by atoms with Gasteiger partial charge in [0, 0.05) is 27.8 Å². The minimum atomic E-state index is 0.737. The number of rotatable bonds is 1. The van der Waals surface area contributed by atoms with Gasteiger partial charge in [0.05, 0.1) is 6.20 Å². The maximum atomic E-state index is 5.25. The van der Waals surface area contributed by atoms with Crippen molar-refractivity contribution in [1.29, 1.82) is 0 Å². The normalized spacial score (nSPS) is 11.0. The number of aromatic amines is 1. The van der Waals surface area contributed by atoms with Crippen LogP contribution in [0.3, 0.4) is 0 Å². The highest BCUT2D eigenvalue weighted by atomic mass is 79.9. The molecule has 0 aliphatic carbocycles. The first kappa shape index (κ1) is 8.67. The maximum Gasteiger partial charge on any atom is 0.181 e. The van der Waals surface area contributed by atoms with Gasteiger partial charge < -0.3 is 9.40 Å². The number of pyridine rings is 1. The Balaban J connectivity index is 2.32. The highest BCUT2D eigenvalue weighted by Crippen LogP contribution is 2.28. The topological polar surface area (TPSA) is 54.7 Å². The number of nitrogens with one attached hydrogen (secondary N) is 1. The van der Waals surface area contributed by atoms with Crippen molar-refractivity contribution < 1.29 is 4.42 Å². The van der Waals surface area contributed by atoms with Gasteiger partial charge in [-0.05, 0) is 22.0 Å². The van der Waals surface area contributed by atoms with Crippen LogP contribution in [-0.4, -0.2) is 15.0 Å². The molecule has 0 aromatic carbocycles. The van der Waals surface area contributed by atoms with Gasteiger partial charge in [-0.3, -0.25) is 0 Å². The predicted molar refractivity (Wildman–Crippen MR) is 59.3 cm³/mol. The van der Waals surface area contributed by atoms with Crippen molar-refractivity contribution >= 4 is 27.0 Å². The molecule has 0 aliphatic rings. The number of H-pyrrole nitrogens is 1. The smallest absolute Gasteiger partial charge is 0.181 e. The molecule has 0 saturated carbocycles. The van der Waals surface area contributed by atoms with E-state index in [-0.39, 0.29) is 0 Å². The summed E-state index contributed by atoms with van der Waals surface area (Å²) in [5.41, 5.74) is 1.81. The molecule has 3 aromatic heterocycles. The van der Waals surface area contributed by atoms with E-state index in [1.165, 1.54) is 6.39 Å². The molecule has 1 N–H and O–H groups in total. The van der Waals surface area contributed by atoms with Crippen LogP contribution in [0, 0.1) is 0 Å². The number of hydrogen-bond donors (Lipinski definition) is 1. The zero-order valence-corrected chi connectivity index (χ0v) is 9.15. The van der Waals surface area contributed by atoms with Crippen LogP contribution in [-0.2, 0) is 0 Å². The molecule has 3 heterocycles. The first-order valence-corrected chi connectivity index (χ1v) is 5.15. The maximum absolute atomic E-state index is 5.25. The van der Waals surface area contributed by atoms with E-state index in [2.05, 4.69) is 30.9 Å². The highest BCUT2D eigenvalue weighted by Gasteiger charge is 2.09. The minimum Gasteiger partial charge on any atom is -0.443 e. The molecule has 0 amide bonds. The summed E-state index contributed by atoms with van der Waals surface area (Å²) >= 11 is 3.39. The van der Waals surface area contributed by atoms with Gasteiger partial charge in [0.2, 0.25) is 0 Å². The highest BCUT2D eigenvalue weighted by molar-refractivity contribution is 9.10. The Morgan fingerprint density at radius 1 is 1.33 bits per heavy atom. The van der Waals surface area contributed by atoms with Gasteiger partial charge in [0.15, 0.2) is 12.2 Å². The molecule has 0 fully saturated rings. The van der Waals surface area contributed by atoms with Crippen molar-refractivity contribution in [2.75, 3.05) is 0 Å². The summed E-state index contributed by atoms with van der Waals surface area (Å²) in [6.07, 6.45) is 6.72. The molecule has 5 heteroatoms. The van der Waals surface area contributed by atoms with Gasteiger partial charge in [0.1, 0.15) is 5.65 Å². The van der Waals surface area contributed by atoms with E-state index in [1.807, 2.05) is 12.3 Å². The molecule has 0 bridgehead atoms. The Morgan fingerprint density at radius 3 is 3.07 bits per heavy atom. The lowest BCUT2D eigenvalue weighted by molar-refractivity contribution is 0.572. The number of fused-ring (bicyclic) bond motifs is 1. The second-order valence-corrected chi connectivity index (χ2v) is 4.03. The molecule has 4 nitrogen and oxygen atoms in total. The van der Waals surface area contributed by atoms with Crippen LogP contribution in [0.15, 0.2) is 39.9 Å². The average Bonchev–Trinajstić information content (AvgIpc) is 2.83. The second kappa shape index (κ2) is 3.20. The van der Waals surface area contributed by atoms with Crippen molar-refractivity contribution in [2.45, 2.75) is 0 Å². The van der Waals surface area contributed by atoms with Crippen molar-refractivity contribution in [3.63, 3.8) is 0 Å². The van der Waals surface area contributed by atoms with Crippen LogP contribution >= 0.6 is 15.9 Å². The number of hydrogen-bond acceptors (Lipinski definition) is 3. The largest absolute Gasteiger partial charge is 0.443 e. The summed E-state index contributed by atoms with van der Waals surface area (Å²) in [6.45, 7) is 0. The van der Waals surface area contributed by atoms with Gasteiger partial charge in [-0.1, -0.05) is 0 Å². The van der Waals surface area contributed by atoms with Crippen molar-refractivity contribution in [1.82, 2.24) is 15.0 Å². The van der Waals surface area contributed by atoms with E-state index < -0.39 is 0 Å². The van der Waals surface area contributed by atoms with Crippen LogP contribution < -0.4 is 0 Å². The van der Waals surface area contributed by atoms with Gasteiger partial charge in [-0.15, -0.1) is 0 Å². The lowest BCUT2D eigenvalue weighted by Crippen LogP contribution is -1.76. The predicted octanol–water partition coefficient (Wildman–Crippen LogP) is 2.98. The van der Waals surface area contributed by atoms with Gasteiger partial charge in [0.25, 0.3) is 0 Å². The summed E-state index contributed by atoms with van der Waals surface area (Å²) in [7, 11) is 0. The van der Waals surface area contributed by atoms with E-state index in [0.717, 1.165) is 26.8 Å². The minimum absolute atomic E-state index is 0.737. The zero-order valence-electron chi connectivity index (χ0n) is 7.57. The first-order chi connectivity index (χ1) is 7.34. The molecular formula is C10H6BrN3O. The molecule has 0 unspecified atom stereocenters. The zero-order chi connectivity index (χ0) is 10.3. The molecule has 3 rings (SSSR count). The molecule has 0 spiro atoms. The average molecular weight is 264 g/mol. The Labute approximate surface area is 93.5 Å². The fourth-order valence-corrected chi connectivity index (χ4v) is 1.86. The summed E-state index contributed by atoms with van der Waals surface area (Å²) in [6, 6.07) is 2.00. The van der Waals surface area contributed by atoms with Crippen molar-refractivity contribution in [3.05, 3.63) is 35.5 Å².